The molecule has 6 nitrogen and oxygen atoms in total. The summed E-state index contributed by atoms with van der Waals surface area (Å²) in [6.07, 6.45) is 2.52. The second kappa shape index (κ2) is 5.43. The first-order chi connectivity index (χ1) is 6.68. The third-order valence-electron chi connectivity index (χ3n) is 1.87. The maximum absolute atomic E-state index is 11.1. The van der Waals surface area contributed by atoms with Crippen molar-refractivity contribution in [3.05, 3.63) is 0 Å². The summed E-state index contributed by atoms with van der Waals surface area (Å²) in [5, 5.41) is 13.0. The van der Waals surface area contributed by atoms with Crippen molar-refractivity contribution in [3.63, 3.8) is 0 Å². The predicted molar refractivity (Wildman–Crippen MR) is 47.8 cm³/mol. The monoisotopic (exact) mass is 202 g/mol. The third-order valence-corrected chi connectivity index (χ3v) is 1.87. The van der Waals surface area contributed by atoms with E-state index in [2.05, 4.69) is 10.6 Å². The Labute approximate surface area is 81.6 Å². The summed E-state index contributed by atoms with van der Waals surface area (Å²) in [4.78, 5) is 21.2. The van der Waals surface area contributed by atoms with Gasteiger partial charge in [0.05, 0.1) is 0 Å². The Kier molecular flexibility index (Phi) is 4.18. The van der Waals surface area contributed by atoms with Crippen LogP contribution in [-0.4, -0.2) is 36.5 Å². The molecule has 1 aliphatic rings. The Hall–Kier alpha value is -1.30. The molecule has 6 heteroatoms. The molecular weight excluding hydrogens is 188 g/mol. The van der Waals surface area contributed by atoms with E-state index >= 15 is 0 Å². The lowest BCUT2D eigenvalue weighted by Crippen LogP contribution is -2.45. The predicted octanol–water partition coefficient (Wildman–Crippen LogP) is -0.103. The maximum atomic E-state index is 11.1. The van der Waals surface area contributed by atoms with Gasteiger partial charge >= 0.3 is 12.0 Å². The third kappa shape index (κ3) is 4.08. The standard InChI is InChI=1S/C8H14N2O4/c11-7(12)5-9-8(13)10-6-3-1-2-4-14-6/h6H,1-5H2,(H,11,12)(H2,9,10,13). The lowest BCUT2D eigenvalue weighted by Gasteiger charge is -2.23. The maximum Gasteiger partial charge on any atom is 0.323 e. The molecular formula is C8H14N2O4. The zero-order chi connectivity index (χ0) is 10.4. The van der Waals surface area contributed by atoms with Crippen molar-refractivity contribution in [2.24, 2.45) is 0 Å². The molecule has 1 saturated heterocycles. The first kappa shape index (κ1) is 10.8. The van der Waals surface area contributed by atoms with Crippen molar-refractivity contribution in [2.45, 2.75) is 25.5 Å². The van der Waals surface area contributed by atoms with Crippen molar-refractivity contribution in [3.8, 4) is 0 Å². The highest BCUT2D eigenvalue weighted by molar-refractivity contribution is 5.79. The molecule has 1 unspecified atom stereocenters. The van der Waals surface area contributed by atoms with Gasteiger partial charge in [-0.2, -0.15) is 0 Å². The minimum atomic E-state index is -1.07. The molecule has 2 amide bonds. The lowest BCUT2D eigenvalue weighted by atomic mass is 10.2. The molecule has 1 rings (SSSR count). The summed E-state index contributed by atoms with van der Waals surface area (Å²) in [6, 6.07) is -0.501. The van der Waals surface area contributed by atoms with E-state index < -0.39 is 12.0 Å². The Balaban J connectivity index is 2.15. The summed E-state index contributed by atoms with van der Waals surface area (Å²) in [5.74, 6) is -1.07. The van der Waals surface area contributed by atoms with E-state index in [9.17, 15) is 9.59 Å². The minimum Gasteiger partial charge on any atom is -0.480 e. The second-order valence-corrected chi connectivity index (χ2v) is 3.08. The van der Waals surface area contributed by atoms with Crippen LogP contribution in [0.25, 0.3) is 0 Å². The molecule has 1 heterocycles. The zero-order valence-electron chi connectivity index (χ0n) is 7.78. The second-order valence-electron chi connectivity index (χ2n) is 3.08. The van der Waals surface area contributed by atoms with Crippen LogP contribution in [0.2, 0.25) is 0 Å². The molecule has 14 heavy (non-hydrogen) atoms. The summed E-state index contributed by atoms with van der Waals surface area (Å²) in [7, 11) is 0. The topological polar surface area (TPSA) is 87.7 Å². The lowest BCUT2D eigenvalue weighted by molar-refractivity contribution is -0.135. The summed E-state index contributed by atoms with van der Waals surface area (Å²) >= 11 is 0. The van der Waals surface area contributed by atoms with Gasteiger partial charge in [0.2, 0.25) is 0 Å². The van der Waals surface area contributed by atoms with Crippen molar-refractivity contribution in [2.75, 3.05) is 13.2 Å². The molecule has 0 aromatic rings. The van der Waals surface area contributed by atoms with Gasteiger partial charge in [-0.15, -0.1) is 0 Å². The fraction of sp³-hybridized carbons (Fsp3) is 0.750. The normalized spacial score (nSPS) is 21.3. The molecule has 0 bridgehead atoms. The van der Waals surface area contributed by atoms with E-state index in [1.165, 1.54) is 0 Å². The summed E-state index contributed by atoms with van der Waals surface area (Å²) in [6.45, 7) is 0.266. The van der Waals surface area contributed by atoms with Gasteiger partial charge in [-0.1, -0.05) is 0 Å². The van der Waals surface area contributed by atoms with Gasteiger partial charge in [0.15, 0.2) is 0 Å². The van der Waals surface area contributed by atoms with Crippen LogP contribution in [0.3, 0.4) is 0 Å². The minimum absolute atomic E-state index is 0.280. The molecule has 0 radical (unpaired) electrons. The molecule has 0 spiro atoms. The van der Waals surface area contributed by atoms with Crippen LogP contribution in [0.5, 0.6) is 0 Å². The number of carbonyl (C=O) groups is 2. The number of rotatable bonds is 3. The number of hydrogen-bond acceptors (Lipinski definition) is 3. The molecule has 0 aliphatic carbocycles. The fourth-order valence-corrected chi connectivity index (χ4v) is 1.21. The number of nitrogens with one attached hydrogen (secondary N) is 2. The SMILES string of the molecule is O=C(O)CNC(=O)NC1CCCCO1. The highest BCUT2D eigenvalue weighted by atomic mass is 16.5. The van der Waals surface area contributed by atoms with E-state index in [0.29, 0.717) is 6.61 Å². The Bertz CT molecular complexity index is 213. The Morgan fingerprint density at radius 2 is 2.21 bits per heavy atom. The largest absolute Gasteiger partial charge is 0.480 e. The van der Waals surface area contributed by atoms with Crippen LogP contribution in [0.4, 0.5) is 4.79 Å². The molecule has 3 N–H and O–H groups in total. The number of ether oxygens (including phenoxy) is 1. The van der Waals surface area contributed by atoms with E-state index in [1.807, 2.05) is 0 Å². The quantitative estimate of drug-likeness (QED) is 0.596. The number of aliphatic carboxylic acids is 1. The van der Waals surface area contributed by atoms with Crippen LogP contribution in [0, 0.1) is 0 Å². The van der Waals surface area contributed by atoms with Crippen LogP contribution >= 0.6 is 0 Å². The van der Waals surface area contributed by atoms with Crippen molar-refractivity contribution in [1.29, 1.82) is 0 Å². The molecule has 0 aromatic carbocycles. The highest BCUT2D eigenvalue weighted by Gasteiger charge is 2.15. The smallest absolute Gasteiger partial charge is 0.323 e. The van der Waals surface area contributed by atoms with Gasteiger partial charge in [-0.05, 0) is 19.3 Å². The molecule has 1 atom stereocenters. The van der Waals surface area contributed by atoms with Gasteiger partial charge in [0.25, 0.3) is 0 Å². The van der Waals surface area contributed by atoms with Crippen LogP contribution in [-0.2, 0) is 9.53 Å². The van der Waals surface area contributed by atoms with E-state index in [4.69, 9.17) is 9.84 Å². The number of urea groups is 1. The zero-order valence-corrected chi connectivity index (χ0v) is 7.78. The van der Waals surface area contributed by atoms with E-state index in [1.54, 1.807) is 0 Å². The van der Waals surface area contributed by atoms with Gasteiger partial charge in [-0.3, -0.25) is 4.79 Å². The molecule has 80 valence electrons. The number of carboxylic acid groups (broad SMARTS) is 1. The molecule has 1 fully saturated rings. The Morgan fingerprint density at radius 1 is 1.43 bits per heavy atom. The first-order valence-electron chi connectivity index (χ1n) is 4.56. The summed E-state index contributed by atoms with van der Waals surface area (Å²) in [5.41, 5.74) is 0. The van der Waals surface area contributed by atoms with E-state index in [0.717, 1.165) is 19.3 Å². The Morgan fingerprint density at radius 3 is 2.79 bits per heavy atom. The average molecular weight is 202 g/mol. The number of carbonyl (C=O) groups excluding carboxylic acids is 1. The number of carboxylic acids is 1. The first-order valence-corrected chi connectivity index (χ1v) is 4.56. The number of amides is 2. The van der Waals surface area contributed by atoms with Gasteiger partial charge in [-0.25, -0.2) is 4.79 Å². The van der Waals surface area contributed by atoms with Crippen LogP contribution in [0.1, 0.15) is 19.3 Å². The molecule has 0 saturated carbocycles. The highest BCUT2D eigenvalue weighted by Crippen LogP contribution is 2.09. The molecule has 0 aromatic heterocycles. The molecule has 1 aliphatic heterocycles. The van der Waals surface area contributed by atoms with Crippen molar-refractivity contribution in [1.82, 2.24) is 10.6 Å². The fourth-order valence-electron chi connectivity index (χ4n) is 1.21. The van der Waals surface area contributed by atoms with Crippen LogP contribution in [0.15, 0.2) is 0 Å². The van der Waals surface area contributed by atoms with E-state index in [-0.39, 0.29) is 12.8 Å². The number of hydrogen-bond donors (Lipinski definition) is 3. The van der Waals surface area contributed by atoms with Crippen molar-refractivity contribution < 1.29 is 19.4 Å². The summed E-state index contributed by atoms with van der Waals surface area (Å²) < 4.78 is 5.24. The van der Waals surface area contributed by atoms with Gasteiger partial charge in [0.1, 0.15) is 12.8 Å². The van der Waals surface area contributed by atoms with Gasteiger partial charge < -0.3 is 20.5 Å². The van der Waals surface area contributed by atoms with Gasteiger partial charge in [0, 0.05) is 6.61 Å². The van der Waals surface area contributed by atoms with Crippen LogP contribution < -0.4 is 10.6 Å². The van der Waals surface area contributed by atoms with Crippen molar-refractivity contribution >= 4 is 12.0 Å². The average Bonchev–Trinajstić information content (AvgIpc) is 2.16.